The number of carbonyl (C=O) groups excluding carboxylic acids is 3. The van der Waals surface area contributed by atoms with Gasteiger partial charge in [0.25, 0.3) is 0 Å². The molecule has 0 spiro atoms. The molecule has 6 nitrogen and oxygen atoms in total. The van der Waals surface area contributed by atoms with Crippen LogP contribution in [0.1, 0.15) is 355 Å². The fourth-order valence-electron chi connectivity index (χ4n) is 10.1. The van der Waals surface area contributed by atoms with Crippen molar-refractivity contribution in [2.75, 3.05) is 13.2 Å². The van der Waals surface area contributed by atoms with E-state index >= 15 is 0 Å². The quantitative estimate of drug-likeness (QED) is 0.0261. The number of unbranched alkanes of at least 4 members (excludes halogenated alkanes) is 40. The van der Waals surface area contributed by atoms with E-state index in [1.807, 2.05) is 0 Å². The summed E-state index contributed by atoms with van der Waals surface area (Å²) in [6.45, 7) is 6.58. The first-order valence-corrected chi connectivity index (χ1v) is 34.4. The van der Waals surface area contributed by atoms with Crippen molar-refractivity contribution < 1.29 is 28.6 Å². The smallest absolute Gasteiger partial charge is 0.306 e. The number of rotatable bonds is 63. The highest BCUT2D eigenvalue weighted by atomic mass is 16.6. The molecule has 79 heavy (non-hydrogen) atoms. The Morgan fingerprint density at radius 3 is 0.772 bits per heavy atom. The molecule has 0 aromatic rings. The van der Waals surface area contributed by atoms with Gasteiger partial charge in [0, 0.05) is 19.3 Å². The number of esters is 3. The minimum Gasteiger partial charge on any atom is -0.462 e. The highest BCUT2D eigenvalue weighted by molar-refractivity contribution is 5.71. The maximum atomic E-state index is 12.9. The van der Waals surface area contributed by atoms with Crippen molar-refractivity contribution in [2.45, 2.75) is 361 Å². The molecular weight excluding hydrogens is 973 g/mol. The molecule has 0 rings (SSSR count). The highest BCUT2D eigenvalue weighted by Gasteiger charge is 2.19. The third-order valence-corrected chi connectivity index (χ3v) is 15.2. The molecule has 1 unspecified atom stereocenters. The van der Waals surface area contributed by atoms with E-state index in [-0.39, 0.29) is 31.1 Å². The molecule has 0 saturated carbocycles. The Bertz CT molecular complexity index is 1450. The van der Waals surface area contributed by atoms with E-state index < -0.39 is 6.10 Å². The van der Waals surface area contributed by atoms with Crippen LogP contribution in [0.2, 0.25) is 0 Å². The molecular formula is C73H130O6. The largest absolute Gasteiger partial charge is 0.462 e. The van der Waals surface area contributed by atoms with Gasteiger partial charge in [0.05, 0.1) is 0 Å². The van der Waals surface area contributed by atoms with E-state index in [0.29, 0.717) is 19.3 Å². The Morgan fingerprint density at radius 2 is 0.494 bits per heavy atom. The summed E-state index contributed by atoms with van der Waals surface area (Å²) in [4.78, 5) is 38.4. The summed E-state index contributed by atoms with van der Waals surface area (Å²) in [5.41, 5.74) is 0. The van der Waals surface area contributed by atoms with E-state index in [0.717, 1.165) is 103 Å². The van der Waals surface area contributed by atoms with Crippen molar-refractivity contribution in [3.05, 3.63) is 72.9 Å². The number of ether oxygens (including phenoxy) is 3. The summed E-state index contributed by atoms with van der Waals surface area (Å²) in [7, 11) is 0. The molecule has 0 aliphatic heterocycles. The van der Waals surface area contributed by atoms with Crippen LogP contribution < -0.4 is 0 Å². The summed E-state index contributed by atoms with van der Waals surface area (Å²) in [6.07, 6.45) is 87.7. The second-order valence-electron chi connectivity index (χ2n) is 23.1. The molecule has 0 radical (unpaired) electrons. The fourth-order valence-corrected chi connectivity index (χ4v) is 10.1. The van der Waals surface area contributed by atoms with Crippen LogP contribution in [0.4, 0.5) is 0 Å². The first-order chi connectivity index (χ1) is 39.0. The Morgan fingerprint density at radius 1 is 0.266 bits per heavy atom. The van der Waals surface area contributed by atoms with Crippen LogP contribution in [0, 0.1) is 0 Å². The van der Waals surface area contributed by atoms with Gasteiger partial charge in [0.1, 0.15) is 13.2 Å². The summed E-state index contributed by atoms with van der Waals surface area (Å²) in [6, 6.07) is 0. The minimum atomic E-state index is -0.777. The van der Waals surface area contributed by atoms with Crippen LogP contribution in [0.25, 0.3) is 0 Å². The van der Waals surface area contributed by atoms with Gasteiger partial charge in [-0.2, -0.15) is 0 Å². The minimum absolute atomic E-state index is 0.0722. The zero-order valence-electron chi connectivity index (χ0n) is 52.6. The SMILES string of the molecule is CC/C=C\C/C=C\C/C=C\C/C=C\C/C=C\C/C=C\CCCCCCCCCCC(=O)OCC(COC(=O)CCCCCCCCCCCCCCCCCCC)OC(=O)CCCCCCCCCCCCCCCCCCC. The van der Waals surface area contributed by atoms with Crippen molar-refractivity contribution in [1.29, 1.82) is 0 Å². The molecule has 0 heterocycles. The lowest BCUT2D eigenvalue weighted by molar-refractivity contribution is -0.167. The van der Waals surface area contributed by atoms with Crippen LogP contribution in [-0.4, -0.2) is 37.2 Å². The molecule has 1 atom stereocenters. The predicted molar refractivity (Wildman–Crippen MR) is 344 cm³/mol. The Hall–Kier alpha value is -3.15. The summed E-state index contributed by atoms with van der Waals surface area (Å²) in [5, 5.41) is 0. The molecule has 0 aromatic heterocycles. The average molecular weight is 1100 g/mol. The zero-order chi connectivity index (χ0) is 57.1. The molecule has 0 aromatic carbocycles. The number of allylic oxidation sites excluding steroid dienone is 12. The van der Waals surface area contributed by atoms with Crippen molar-refractivity contribution in [2.24, 2.45) is 0 Å². The zero-order valence-corrected chi connectivity index (χ0v) is 52.6. The monoisotopic (exact) mass is 1100 g/mol. The van der Waals surface area contributed by atoms with Crippen molar-refractivity contribution in [3.63, 3.8) is 0 Å². The summed E-state index contributed by atoms with van der Waals surface area (Å²) in [5.74, 6) is -0.857. The molecule has 6 heteroatoms. The Balaban J connectivity index is 4.32. The van der Waals surface area contributed by atoms with Gasteiger partial charge < -0.3 is 14.2 Å². The van der Waals surface area contributed by atoms with Gasteiger partial charge in [-0.1, -0.05) is 338 Å². The van der Waals surface area contributed by atoms with Crippen LogP contribution in [-0.2, 0) is 28.6 Å². The standard InChI is InChI=1S/C73H130O6/c1-4-7-10-13-16-19-22-25-28-31-32-33-34-35-36-37-38-39-40-43-45-48-51-54-57-60-63-66-72(75)78-69-70(79-73(76)67-64-61-58-55-52-49-46-42-30-27-24-21-18-15-12-9-6-3)68-77-71(74)65-62-59-56-53-50-47-44-41-29-26-23-20-17-14-11-8-5-2/h7,10,16,19,25,28,32-33,35-36,38-39,70H,4-6,8-9,11-15,17-18,20-24,26-27,29-31,34,37,40-69H2,1-3H3/b10-7-,19-16-,28-25-,33-32-,36-35-,39-38-. The van der Waals surface area contributed by atoms with Gasteiger partial charge in [0.2, 0.25) is 0 Å². The normalized spacial score (nSPS) is 12.5. The van der Waals surface area contributed by atoms with Crippen molar-refractivity contribution >= 4 is 17.9 Å². The molecule has 0 aliphatic rings. The molecule has 0 N–H and O–H groups in total. The molecule has 0 fully saturated rings. The van der Waals surface area contributed by atoms with Crippen LogP contribution in [0.3, 0.4) is 0 Å². The van der Waals surface area contributed by atoms with Gasteiger partial charge in [0.15, 0.2) is 6.10 Å². The maximum absolute atomic E-state index is 12.9. The molecule has 458 valence electrons. The average Bonchev–Trinajstić information content (AvgIpc) is 3.45. The van der Waals surface area contributed by atoms with E-state index in [2.05, 4.69) is 93.7 Å². The van der Waals surface area contributed by atoms with Crippen LogP contribution in [0.5, 0.6) is 0 Å². The molecule has 0 bridgehead atoms. The maximum Gasteiger partial charge on any atom is 0.306 e. The van der Waals surface area contributed by atoms with Gasteiger partial charge in [-0.25, -0.2) is 0 Å². The second-order valence-corrected chi connectivity index (χ2v) is 23.1. The topological polar surface area (TPSA) is 78.9 Å². The molecule has 0 amide bonds. The van der Waals surface area contributed by atoms with Crippen molar-refractivity contribution in [3.8, 4) is 0 Å². The lowest BCUT2D eigenvalue weighted by atomic mass is 10.0. The van der Waals surface area contributed by atoms with E-state index in [1.165, 1.54) is 212 Å². The third kappa shape index (κ3) is 65.5. The predicted octanol–water partition coefficient (Wildman–Crippen LogP) is 23.7. The molecule has 0 saturated heterocycles. The molecule has 0 aliphatic carbocycles. The van der Waals surface area contributed by atoms with E-state index in [9.17, 15) is 14.4 Å². The van der Waals surface area contributed by atoms with Crippen LogP contribution >= 0.6 is 0 Å². The number of hydrogen-bond acceptors (Lipinski definition) is 6. The number of carbonyl (C=O) groups is 3. The number of hydrogen-bond donors (Lipinski definition) is 0. The van der Waals surface area contributed by atoms with Gasteiger partial charge in [-0.15, -0.1) is 0 Å². The lowest BCUT2D eigenvalue weighted by Gasteiger charge is -2.18. The summed E-state index contributed by atoms with van der Waals surface area (Å²) < 4.78 is 17.0. The fraction of sp³-hybridized carbons (Fsp3) is 0.795. The first kappa shape index (κ1) is 75.8. The lowest BCUT2D eigenvalue weighted by Crippen LogP contribution is -2.30. The first-order valence-electron chi connectivity index (χ1n) is 34.4. The van der Waals surface area contributed by atoms with E-state index in [4.69, 9.17) is 14.2 Å². The summed E-state index contributed by atoms with van der Waals surface area (Å²) >= 11 is 0. The second kappa shape index (κ2) is 67.4. The van der Waals surface area contributed by atoms with Gasteiger partial charge >= 0.3 is 17.9 Å². The highest BCUT2D eigenvalue weighted by Crippen LogP contribution is 2.18. The van der Waals surface area contributed by atoms with Gasteiger partial charge in [-0.05, 0) is 70.6 Å². The Kier molecular flexibility index (Phi) is 64.7. The van der Waals surface area contributed by atoms with Crippen molar-refractivity contribution in [1.82, 2.24) is 0 Å². The Labute approximate surface area is 491 Å². The van der Waals surface area contributed by atoms with Gasteiger partial charge in [-0.3, -0.25) is 14.4 Å². The van der Waals surface area contributed by atoms with Crippen LogP contribution in [0.15, 0.2) is 72.9 Å². The van der Waals surface area contributed by atoms with E-state index in [1.54, 1.807) is 0 Å². The third-order valence-electron chi connectivity index (χ3n) is 15.2.